The van der Waals surface area contributed by atoms with Gasteiger partial charge in [-0.3, -0.25) is 14.4 Å². The summed E-state index contributed by atoms with van der Waals surface area (Å²) in [5.41, 5.74) is 1.28. The van der Waals surface area contributed by atoms with Crippen molar-refractivity contribution in [1.29, 1.82) is 0 Å². The first-order valence-electron chi connectivity index (χ1n) is 9.07. The van der Waals surface area contributed by atoms with E-state index >= 15 is 0 Å². The number of anilines is 1. The van der Waals surface area contributed by atoms with Crippen LogP contribution in [0.5, 0.6) is 0 Å². The molecular weight excluding hydrogens is 336 g/mol. The fraction of sp³-hybridized carbons (Fsp3) is 0.526. The molecule has 140 valence electrons. The Kier molecular flexibility index (Phi) is 5.88. The number of amides is 2. The van der Waals surface area contributed by atoms with Gasteiger partial charge in [0.15, 0.2) is 0 Å². The lowest BCUT2D eigenvalue weighted by molar-refractivity contribution is -0.137. The molecule has 26 heavy (non-hydrogen) atoms. The Hall–Kier alpha value is -2.41. The number of benzene rings is 1. The lowest BCUT2D eigenvalue weighted by Crippen LogP contribution is -2.38. The third-order valence-corrected chi connectivity index (χ3v) is 4.83. The number of carboxylic acids is 1. The van der Waals surface area contributed by atoms with Crippen LogP contribution < -0.4 is 4.90 Å². The van der Waals surface area contributed by atoms with Gasteiger partial charge in [-0.25, -0.2) is 0 Å². The average molecular weight is 360 g/mol. The van der Waals surface area contributed by atoms with E-state index in [1.165, 1.54) is 0 Å². The highest BCUT2D eigenvalue weighted by atomic mass is 16.5. The molecule has 2 aliphatic rings. The van der Waals surface area contributed by atoms with Crippen molar-refractivity contribution in [2.75, 3.05) is 31.1 Å². The Morgan fingerprint density at radius 2 is 2.00 bits per heavy atom. The molecule has 7 heteroatoms. The van der Waals surface area contributed by atoms with Gasteiger partial charge in [0.05, 0.1) is 12.5 Å². The second-order valence-corrected chi connectivity index (χ2v) is 6.73. The molecule has 1 aromatic carbocycles. The van der Waals surface area contributed by atoms with Crippen LogP contribution in [0.15, 0.2) is 24.3 Å². The molecule has 0 saturated carbocycles. The van der Waals surface area contributed by atoms with Gasteiger partial charge in [0.2, 0.25) is 5.91 Å². The van der Waals surface area contributed by atoms with Crippen molar-refractivity contribution < 1.29 is 24.2 Å². The summed E-state index contributed by atoms with van der Waals surface area (Å²) < 4.78 is 5.59. The first-order valence-corrected chi connectivity index (χ1v) is 9.07. The highest BCUT2D eigenvalue weighted by Gasteiger charge is 2.25. The third-order valence-electron chi connectivity index (χ3n) is 4.83. The molecule has 2 heterocycles. The largest absolute Gasteiger partial charge is 0.481 e. The third kappa shape index (κ3) is 4.40. The monoisotopic (exact) mass is 360 g/mol. The van der Waals surface area contributed by atoms with Crippen LogP contribution in [0.25, 0.3) is 0 Å². The van der Waals surface area contributed by atoms with Crippen molar-refractivity contribution >= 4 is 23.5 Å². The maximum Gasteiger partial charge on any atom is 0.305 e. The summed E-state index contributed by atoms with van der Waals surface area (Å²) in [5.74, 6) is -1.04. The van der Waals surface area contributed by atoms with E-state index in [0.717, 1.165) is 24.9 Å². The minimum atomic E-state index is -0.932. The van der Waals surface area contributed by atoms with Crippen LogP contribution in [0.4, 0.5) is 5.69 Å². The van der Waals surface area contributed by atoms with Gasteiger partial charge in [0.25, 0.3) is 5.91 Å². The Morgan fingerprint density at radius 1 is 1.23 bits per heavy atom. The second-order valence-electron chi connectivity index (χ2n) is 6.73. The Bertz CT molecular complexity index is 667. The highest BCUT2D eigenvalue weighted by Crippen LogP contribution is 2.22. The van der Waals surface area contributed by atoms with Crippen molar-refractivity contribution in [3.63, 3.8) is 0 Å². The van der Waals surface area contributed by atoms with Crippen molar-refractivity contribution in [3.05, 3.63) is 29.8 Å². The van der Waals surface area contributed by atoms with Crippen LogP contribution >= 0.6 is 0 Å². The fourth-order valence-corrected chi connectivity index (χ4v) is 3.43. The van der Waals surface area contributed by atoms with Crippen LogP contribution in [0.1, 0.15) is 42.5 Å². The first-order chi connectivity index (χ1) is 12.5. The van der Waals surface area contributed by atoms with Gasteiger partial charge in [-0.15, -0.1) is 0 Å². The molecule has 0 aliphatic carbocycles. The van der Waals surface area contributed by atoms with Gasteiger partial charge < -0.3 is 19.6 Å². The topological polar surface area (TPSA) is 87.2 Å². The van der Waals surface area contributed by atoms with E-state index in [1.54, 1.807) is 34.1 Å². The van der Waals surface area contributed by atoms with Crippen LogP contribution in [0, 0.1) is 0 Å². The number of hydrogen-bond donors (Lipinski definition) is 1. The lowest BCUT2D eigenvalue weighted by atomic mass is 10.1. The van der Waals surface area contributed by atoms with E-state index in [1.807, 2.05) is 0 Å². The number of aliphatic carboxylic acids is 1. The standard InChI is InChI=1S/C19H24N2O5/c22-17-4-1-10-21(17)15-7-5-14(6-8-15)19(25)20(11-9-18(23)24)13-16-3-2-12-26-16/h5-8,16H,1-4,9-13H2,(H,23,24)/t16-/m0/s1. The number of carbonyl (C=O) groups excluding carboxylic acids is 2. The maximum atomic E-state index is 12.8. The number of hydrogen-bond acceptors (Lipinski definition) is 4. The molecule has 1 N–H and O–H groups in total. The van der Waals surface area contributed by atoms with Gasteiger partial charge in [-0.05, 0) is 43.5 Å². The Labute approximate surface area is 152 Å². The quantitative estimate of drug-likeness (QED) is 0.803. The van der Waals surface area contributed by atoms with Crippen molar-refractivity contribution in [2.24, 2.45) is 0 Å². The summed E-state index contributed by atoms with van der Waals surface area (Å²) in [6, 6.07) is 6.95. The second kappa shape index (κ2) is 8.31. The fourth-order valence-electron chi connectivity index (χ4n) is 3.43. The minimum Gasteiger partial charge on any atom is -0.481 e. The zero-order chi connectivity index (χ0) is 18.5. The van der Waals surface area contributed by atoms with Crippen LogP contribution in [-0.2, 0) is 14.3 Å². The summed E-state index contributed by atoms with van der Waals surface area (Å²) >= 11 is 0. The van der Waals surface area contributed by atoms with Gasteiger partial charge in [0, 0.05) is 43.9 Å². The molecule has 3 rings (SSSR count). The molecule has 2 aliphatic heterocycles. The van der Waals surface area contributed by atoms with E-state index < -0.39 is 5.97 Å². The van der Waals surface area contributed by atoms with Crippen LogP contribution in [0.2, 0.25) is 0 Å². The van der Waals surface area contributed by atoms with Crippen LogP contribution in [0.3, 0.4) is 0 Å². The van der Waals surface area contributed by atoms with E-state index in [4.69, 9.17) is 9.84 Å². The molecule has 2 saturated heterocycles. The smallest absolute Gasteiger partial charge is 0.305 e. The van der Waals surface area contributed by atoms with Crippen molar-refractivity contribution in [1.82, 2.24) is 4.90 Å². The van der Waals surface area contributed by atoms with Crippen LogP contribution in [-0.4, -0.2) is 60.1 Å². The molecule has 0 bridgehead atoms. The summed E-state index contributed by atoms with van der Waals surface area (Å²) in [5, 5.41) is 8.95. The molecule has 0 spiro atoms. The zero-order valence-corrected chi connectivity index (χ0v) is 14.7. The van der Waals surface area contributed by atoms with Crippen molar-refractivity contribution in [2.45, 2.75) is 38.2 Å². The molecule has 0 aromatic heterocycles. The molecule has 7 nitrogen and oxygen atoms in total. The van der Waals surface area contributed by atoms with Gasteiger partial charge in [0.1, 0.15) is 0 Å². The first kappa shape index (κ1) is 18.4. The van der Waals surface area contributed by atoms with E-state index in [0.29, 0.717) is 31.7 Å². The summed E-state index contributed by atoms with van der Waals surface area (Å²) in [7, 11) is 0. The Morgan fingerprint density at radius 3 is 2.58 bits per heavy atom. The summed E-state index contributed by atoms with van der Waals surface area (Å²) in [6.45, 7) is 1.94. The van der Waals surface area contributed by atoms with Gasteiger partial charge >= 0.3 is 5.97 Å². The number of ether oxygens (including phenoxy) is 1. The molecule has 1 aromatic rings. The predicted octanol–water partition coefficient (Wildman–Crippen LogP) is 1.91. The maximum absolute atomic E-state index is 12.8. The highest BCUT2D eigenvalue weighted by molar-refractivity contribution is 5.97. The molecular formula is C19H24N2O5. The van der Waals surface area contributed by atoms with Gasteiger partial charge in [-0.2, -0.15) is 0 Å². The number of nitrogens with zero attached hydrogens (tertiary/aromatic N) is 2. The van der Waals surface area contributed by atoms with Gasteiger partial charge in [-0.1, -0.05) is 0 Å². The molecule has 0 unspecified atom stereocenters. The molecule has 0 radical (unpaired) electrons. The summed E-state index contributed by atoms with van der Waals surface area (Å²) in [6.07, 6.45) is 3.12. The average Bonchev–Trinajstić information content (AvgIpc) is 3.29. The summed E-state index contributed by atoms with van der Waals surface area (Å²) in [4.78, 5) is 38.9. The molecule has 2 fully saturated rings. The van der Waals surface area contributed by atoms with E-state index in [9.17, 15) is 14.4 Å². The minimum absolute atomic E-state index is 0.0331. The normalized spacial score (nSPS) is 19.8. The SMILES string of the molecule is O=C(O)CCN(C[C@@H]1CCCO1)C(=O)c1ccc(N2CCCC2=O)cc1. The van der Waals surface area contributed by atoms with E-state index in [2.05, 4.69) is 0 Å². The van der Waals surface area contributed by atoms with Crippen molar-refractivity contribution in [3.8, 4) is 0 Å². The number of carbonyl (C=O) groups is 3. The lowest BCUT2D eigenvalue weighted by Gasteiger charge is -2.25. The number of carboxylic acid groups (broad SMARTS) is 1. The molecule has 1 atom stereocenters. The Balaban J connectivity index is 1.69. The predicted molar refractivity (Wildman–Crippen MR) is 95.2 cm³/mol. The zero-order valence-electron chi connectivity index (χ0n) is 14.7. The van der Waals surface area contributed by atoms with E-state index in [-0.39, 0.29) is 30.9 Å². The number of rotatable bonds is 7. The molecule has 2 amide bonds.